The zero-order valence-electron chi connectivity index (χ0n) is 9.75. The van der Waals surface area contributed by atoms with E-state index in [0.29, 0.717) is 5.92 Å². The van der Waals surface area contributed by atoms with E-state index in [1.165, 1.54) is 32.1 Å². The van der Waals surface area contributed by atoms with Gasteiger partial charge in [-0.1, -0.05) is 32.1 Å². The van der Waals surface area contributed by atoms with Crippen LogP contribution in [0.25, 0.3) is 0 Å². The molecular weight excluding hydrogens is 176 g/mol. The molecule has 14 heavy (non-hydrogen) atoms. The fourth-order valence-electron chi connectivity index (χ4n) is 2.40. The number of rotatable bonds is 4. The molecule has 2 unspecified atom stereocenters. The van der Waals surface area contributed by atoms with Crippen LogP contribution in [0.4, 0.5) is 0 Å². The molecular formula is C12H24O2. The van der Waals surface area contributed by atoms with Gasteiger partial charge in [0.2, 0.25) is 0 Å². The first-order valence-corrected chi connectivity index (χ1v) is 5.81. The second-order valence-electron chi connectivity index (χ2n) is 4.94. The van der Waals surface area contributed by atoms with Crippen molar-refractivity contribution in [3.05, 3.63) is 0 Å². The predicted octanol–water partition coefficient (Wildman–Crippen LogP) is 2.74. The van der Waals surface area contributed by atoms with E-state index in [4.69, 9.17) is 4.74 Å². The molecule has 1 aliphatic carbocycles. The molecule has 0 aromatic rings. The van der Waals surface area contributed by atoms with Crippen molar-refractivity contribution in [2.24, 2.45) is 5.92 Å². The Morgan fingerprint density at radius 3 is 2.43 bits per heavy atom. The maximum Gasteiger partial charge on any atom is 0.0880 e. The summed E-state index contributed by atoms with van der Waals surface area (Å²) in [6, 6.07) is 0. The summed E-state index contributed by atoms with van der Waals surface area (Å²) in [7, 11) is 1.67. The Morgan fingerprint density at radius 1 is 1.36 bits per heavy atom. The number of methoxy groups -OCH3 is 1. The third-order valence-electron chi connectivity index (χ3n) is 3.66. The van der Waals surface area contributed by atoms with Crippen LogP contribution in [-0.2, 0) is 4.74 Å². The molecule has 2 atom stereocenters. The van der Waals surface area contributed by atoms with Crippen molar-refractivity contribution in [1.29, 1.82) is 0 Å². The van der Waals surface area contributed by atoms with E-state index in [0.717, 1.165) is 6.42 Å². The zero-order valence-corrected chi connectivity index (χ0v) is 9.75. The summed E-state index contributed by atoms with van der Waals surface area (Å²) in [6.07, 6.45) is 7.44. The Hall–Kier alpha value is -0.0800. The number of aliphatic hydroxyl groups is 1. The Morgan fingerprint density at radius 2 is 1.93 bits per heavy atom. The minimum absolute atomic E-state index is 0.0653. The lowest BCUT2D eigenvalue weighted by molar-refractivity contribution is -0.0873. The van der Waals surface area contributed by atoms with Gasteiger partial charge in [0.1, 0.15) is 0 Å². The van der Waals surface area contributed by atoms with Crippen LogP contribution in [0.2, 0.25) is 0 Å². The molecule has 1 rings (SSSR count). The summed E-state index contributed by atoms with van der Waals surface area (Å²) >= 11 is 0. The van der Waals surface area contributed by atoms with Crippen molar-refractivity contribution < 1.29 is 9.84 Å². The summed E-state index contributed by atoms with van der Waals surface area (Å²) in [5.74, 6) is 0.705. The highest BCUT2D eigenvalue weighted by Crippen LogP contribution is 2.32. The van der Waals surface area contributed by atoms with Crippen molar-refractivity contribution in [2.75, 3.05) is 7.11 Å². The number of hydrogen-bond donors (Lipinski definition) is 1. The first-order chi connectivity index (χ1) is 6.56. The van der Waals surface area contributed by atoms with Gasteiger partial charge in [-0.2, -0.15) is 0 Å². The molecule has 0 aromatic carbocycles. The van der Waals surface area contributed by atoms with Gasteiger partial charge < -0.3 is 9.84 Å². The topological polar surface area (TPSA) is 29.5 Å². The van der Waals surface area contributed by atoms with E-state index in [2.05, 4.69) is 0 Å². The molecule has 2 heteroatoms. The van der Waals surface area contributed by atoms with Crippen LogP contribution in [-0.4, -0.2) is 23.9 Å². The third kappa shape index (κ3) is 3.25. The van der Waals surface area contributed by atoms with Crippen LogP contribution in [0.1, 0.15) is 52.4 Å². The zero-order chi connectivity index (χ0) is 10.6. The van der Waals surface area contributed by atoms with Crippen LogP contribution in [0.5, 0.6) is 0 Å². The van der Waals surface area contributed by atoms with E-state index in [1.807, 2.05) is 13.8 Å². The summed E-state index contributed by atoms with van der Waals surface area (Å²) in [5, 5.41) is 10.2. The Labute approximate surface area is 87.7 Å². The first-order valence-electron chi connectivity index (χ1n) is 5.81. The van der Waals surface area contributed by atoms with Gasteiger partial charge in [0, 0.05) is 7.11 Å². The van der Waals surface area contributed by atoms with Crippen molar-refractivity contribution in [1.82, 2.24) is 0 Å². The molecule has 0 radical (unpaired) electrons. The monoisotopic (exact) mass is 200 g/mol. The molecule has 0 amide bonds. The lowest BCUT2D eigenvalue weighted by Crippen LogP contribution is -2.40. The highest BCUT2D eigenvalue weighted by Gasteiger charge is 2.31. The smallest absolute Gasteiger partial charge is 0.0880 e. The molecule has 1 N–H and O–H groups in total. The van der Waals surface area contributed by atoms with Crippen molar-refractivity contribution in [2.45, 2.75) is 64.1 Å². The van der Waals surface area contributed by atoms with Crippen LogP contribution in [0.15, 0.2) is 0 Å². The summed E-state index contributed by atoms with van der Waals surface area (Å²) < 4.78 is 5.21. The Balaban J connectivity index is 2.40. The Bertz CT molecular complexity index is 160. The van der Waals surface area contributed by atoms with E-state index in [-0.39, 0.29) is 6.10 Å². The van der Waals surface area contributed by atoms with Crippen LogP contribution >= 0.6 is 0 Å². The molecule has 0 aliphatic heterocycles. The second-order valence-corrected chi connectivity index (χ2v) is 4.94. The summed E-state index contributed by atoms with van der Waals surface area (Å²) in [6.45, 7) is 3.85. The molecule has 0 spiro atoms. The third-order valence-corrected chi connectivity index (χ3v) is 3.66. The fraction of sp³-hybridized carbons (Fsp3) is 1.00. The number of ether oxygens (including phenoxy) is 1. The van der Waals surface area contributed by atoms with Crippen molar-refractivity contribution >= 4 is 0 Å². The SMILES string of the molecule is COC(C)C(C)(O)CC1CCCCC1. The Kier molecular flexibility index (Phi) is 4.39. The standard InChI is InChI=1S/C12H24O2/c1-10(14-3)12(2,13)9-11-7-5-4-6-8-11/h10-11,13H,4-9H2,1-3H3. The van der Waals surface area contributed by atoms with E-state index >= 15 is 0 Å². The minimum Gasteiger partial charge on any atom is -0.387 e. The van der Waals surface area contributed by atoms with Gasteiger partial charge in [-0.05, 0) is 26.2 Å². The van der Waals surface area contributed by atoms with Crippen LogP contribution < -0.4 is 0 Å². The van der Waals surface area contributed by atoms with Crippen molar-refractivity contribution in [3.8, 4) is 0 Å². The molecule has 0 aromatic heterocycles. The highest BCUT2D eigenvalue weighted by molar-refractivity contribution is 4.83. The minimum atomic E-state index is -0.656. The predicted molar refractivity (Wildman–Crippen MR) is 58.3 cm³/mol. The van der Waals surface area contributed by atoms with Crippen LogP contribution in [0.3, 0.4) is 0 Å². The lowest BCUT2D eigenvalue weighted by Gasteiger charge is -2.34. The summed E-state index contributed by atoms with van der Waals surface area (Å²) in [5.41, 5.74) is -0.656. The molecule has 0 heterocycles. The molecule has 1 aliphatic rings. The van der Waals surface area contributed by atoms with E-state index < -0.39 is 5.60 Å². The van der Waals surface area contributed by atoms with Gasteiger partial charge in [-0.25, -0.2) is 0 Å². The molecule has 1 saturated carbocycles. The maximum atomic E-state index is 10.2. The molecule has 0 saturated heterocycles. The van der Waals surface area contributed by atoms with E-state index in [1.54, 1.807) is 7.11 Å². The molecule has 1 fully saturated rings. The fourth-order valence-corrected chi connectivity index (χ4v) is 2.40. The normalized spacial score (nSPS) is 25.7. The average molecular weight is 200 g/mol. The maximum absolute atomic E-state index is 10.2. The van der Waals surface area contributed by atoms with Gasteiger partial charge in [-0.15, -0.1) is 0 Å². The first kappa shape index (κ1) is 12.0. The largest absolute Gasteiger partial charge is 0.387 e. The second kappa shape index (κ2) is 5.13. The van der Waals surface area contributed by atoms with Gasteiger partial charge in [0.15, 0.2) is 0 Å². The highest BCUT2D eigenvalue weighted by atomic mass is 16.5. The van der Waals surface area contributed by atoms with Gasteiger partial charge in [0.25, 0.3) is 0 Å². The van der Waals surface area contributed by atoms with E-state index in [9.17, 15) is 5.11 Å². The quantitative estimate of drug-likeness (QED) is 0.756. The number of hydrogen-bond acceptors (Lipinski definition) is 2. The van der Waals surface area contributed by atoms with Gasteiger partial charge in [-0.3, -0.25) is 0 Å². The molecule has 2 nitrogen and oxygen atoms in total. The lowest BCUT2D eigenvalue weighted by atomic mass is 9.80. The molecule has 0 bridgehead atoms. The molecule has 84 valence electrons. The van der Waals surface area contributed by atoms with Crippen LogP contribution in [0, 0.1) is 5.92 Å². The summed E-state index contributed by atoms with van der Waals surface area (Å²) in [4.78, 5) is 0. The van der Waals surface area contributed by atoms with Gasteiger partial charge in [0.05, 0.1) is 11.7 Å². The van der Waals surface area contributed by atoms with Gasteiger partial charge >= 0.3 is 0 Å². The van der Waals surface area contributed by atoms with Crippen molar-refractivity contribution in [3.63, 3.8) is 0 Å². The average Bonchev–Trinajstić information content (AvgIpc) is 2.17.